The molecular weight excluding hydrogens is 240 g/mol. The SMILES string of the molecule is CCC(CC)C(N)CNc1cc(=O)[nH]c(C(C)C)n1. The van der Waals surface area contributed by atoms with Crippen molar-refractivity contribution in [1.82, 2.24) is 9.97 Å². The minimum atomic E-state index is -0.127. The summed E-state index contributed by atoms with van der Waals surface area (Å²) in [6, 6.07) is 1.56. The number of hydrogen-bond acceptors (Lipinski definition) is 4. The maximum atomic E-state index is 11.5. The Morgan fingerprint density at radius 3 is 2.53 bits per heavy atom. The molecule has 0 aliphatic heterocycles. The summed E-state index contributed by atoms with van der Waals surface area (Å²) in [5, 5.41) is 3.17. The van der Waals surface area contributed by atoms with Crippen molar-refractivity contribution in [2.24, 2.45) is 11.7 Å². The van der Waals surface area contributed by atoms with Crippen molar-refractivity contribution in [3.63, 3.8) is 0 Å². The molecule has 1 aromatic rings. The Labute approximate surface area is 115 Å². The van der Waals surface area contributed by atoms with E-state index < -0.39 is 0 Å². The van der Waals surface area contributed by atoms with E-state index in [0.29, 0.717) is 24.1 Å². The summed E-state index contributed by atoms with van der Waals surface area (Å²) in [5.41, 5.74) is 6.02. The van der Waals surface area contributed by atoms with Crippen LogP contribution in [0.25, 0.3) is 0 Å². The molecular formula is C14H26N4O. The molecule has 0 fully saturated rings. The van der Waals surface area contributed by atoms with E-state index in [2.05, 4.69) is 29.1 Å². The van der Waals surface area contributed by atoms with Gasteiger partial charge in [0.25, 0.3) is 5.56 Å². The van der Waals surface area contributed by atoms with Gasteiger partial charge in [-0.2, -0.15) is 0 Å². The minimum absolute atomic E-state index is 0.0820. The molecule has 1 unspecified atom stereocenters. The van der Waals surface area contributed by atoms with Crippen LogP contribution in [0.1, 0.15) is 52.3 Å². The first-order valence-corrected chi connectivity index (χ1v) is 7.08. The summed E-state index contributed by atoms with van der Waals surface area (Å²) in [6.45, 7) is 8.93. The monoisotopic (exact) mass is 266 g/mol. The second kappa shape index (κ2) is 7.28. The van der Waals surface area contributed by atoms with Gasteiger partial charge in [-0.3, -0.25) is 4.79 Å². The second-order valence-electron chi connectivity index (χ2n) is 5.29. The Hall–Kier alpha value is -1.36. The maximum absolute atomic E-state index is 11.5. The van der Waals surface area contributed by atoms with Crippen molar-refractivity contribution >= 4 is 5.82 Å². The Bertz CT molecular complexity index is 437. The van der Waals surface area contributed by atoms with Gasteiger partial charge in [0.15, 0.2) is 0 Å². The molecule has 108 valence electrons. The third-order valence-electron chi connectivity index (χ3n) is 3.48. The summed E-state index contributed by atoms with van der Waals surface area (Å²) in [7, 11) is 0. The summed E-state index contributed by atoms with van der Waals surface area (Å²) in [5.74, 6) is 2.00. The predicted octanol–water partition coefficient (Wildman–Crippen LogP) is 2.07. The number of aromatic nitrogens is 2. The number of rotatable bonds is 7. The molecule has 1 rings (SSSR count). The average Bonchev–Trinajstić information content (AvgIpc) is 2.37. The molecule has 5 nitrogen and oxygen atoms in total. The molecule has 0 aromatic carbocycles. The van der Waals surface area contributed by atoms with Crippen LogP contribution in [0.3, 0.4) is 0 Å². The van der Waals surface area contributed by atoms with Gasteiger partial charge in [-0.1, -0.05) is 40.5 Å². The molecule has 0 spiro atoms. The van der Waals surface area contributed by atoms with Crippen molar-refractivity contribution in [3.05, 3.63) is 22.2 Å². The molecule has 0 bridgehead atoms. The Kier molecular flexibility index (Phi) is 6.02. The summed E-state index contributed by atoms with van der Waals surface area (Å²) >= 11 is 0. The lowest BCUT2D eigenvalue weighted by molar-refractivity contribution is 0.407. The molecule has 1 aromatic heterocycles. The average molecular weight is 266 g/mol. The van der Waals surface area contributed by atoms with Crippen LogP contribution in [0, 0.1) is 5.92 Å². The molecule has 1 atom stereocenters. The van der Waals surface area contributed by atoms with Gasteiger partial charge in [0, 0.05) is 24.6 Å². The smallest absolute Gasteiger partial charge is 0.252 e. The van der Waals surface area contributed by atoms with Crippen LogP contribution in [0.5, 0.6) is 0 Å². The lowest BCUT2D eigenvalue weighted by Gasteiger charge is -2.21. The Morgan fingerprint density at radius 1 is 1.37 bits per heavy atom. The van der Waals surface area contributed by atoms with Gasteiger partial charge in [-0.25, -0.2) is 4.98 Å². The topological polar surface area (TPSA) is 83.8 Å². The van der Waals surface area contributed by atoms with E-state index in [1.54, 1.807) is 0 Å². The van der Waals surface area contributed by atoms with E-state index in [4.69, 9.17) is 5.73 Å². The van der Waals surface area contributed by atoms with E-state index >= 15 is 0 Å². The molecule has 0 saturated carbocycles. The summed E-state index contributed by atoms with van der Waals surface area (Å²) in [6.07, 6.45) is 2.14. The van der Waals surface area contributed by atoms with Crippen molar-refractivity contribution in [1.29, 1.82) is 0 Å². The van der Waals surface area contributed by atoms with Crippen LogP contribution in [0.2, 0.25) is 0 Å². The number of H-pyrrole nitrogens is 1. The van der Waals surface area contributed by atoms with E-state index in [9.17, 15) is 4.79 Å². The number of nitrogens with one attached hydrogen (secondary N) is 2. The third-order valence-corrected chi connectivity index (χ3v) is 3.48. The molecule has 0 aliphatic rings. The first-order chi connectivity index (χ1) is 8.97. The normalized spacial score (nSPS) is 13.0. The van der Waals surface area contributed by atoms with Gasteiger partial charge in [0.1, 0.15) is 11.6 Å². The highest BCUT2D eigenvalue weighted by Crippen LogP contribution is 2.13. The predicted molar refractivity (Wildman–Crippen MR) is 79.5 cm³/mol. The van der Waals surface area contributed by atoms with E-state index in [0.717, 1.165) is 12.8 Å². The molecule has 0 aliphatic carbocycles. The van der Waals surface area contributed by atoms with Gasteiger partial charge < -0.3 is 16.0 Å². The molecule has 4 N–H and O–H groups in total. The standard InChI is InChI=1S/C14H26N4O/c1-5-10(6-2)11(15)8-16-12-7-13(19)18-14(17-12)9(3)4/h7,9-11H,5-6,8,15H2,1-4H3,(H2,16,17,18,19). The largest absolute Gasteiger partial charge is 0.368 e. The number of nitrogens with two attached hydrogens (primary N) is 1. The highest BCUT2D eigenvalue weighted by Gasteiger charge is 2.14. The van der Waals surface area contributed by atoms with Crippen molar-refractivity contribution in [2.45, 2.75) is 52.5 Å². The van der Waals surface area contributed by atoms with Crippen LogP contribution in [-0.2, 0) is 0 Å². The first kappa shape index (κ1) is 15.7. The Balaban J connectivity index is 2.70. The van der Waals surface area contributed by atoms with Gasteiger partial charge in [0.2, 0.25) is 0 Å². The number of aromatic amines is 1. The van der Waals surface area contributed by atoms with E-state index in [1.165, 1.54) is 6.07 Å². The molecule has 5 heteroatoms. The van der Waals surface area contributed by atoms with Crippen LogP contribution in [0.4, 0.5) is 5.82 Å². The molecule has 0 radical (unpaired) electrons. The zero-order valence-electron chi connectivity index (χ0n) is 12.4. The fraction of sp³-hybridized carbons (Fsp3) is 0.714. The fourth-order valence-corrected chi connectivity index (χ4v) is 2.12. The van der Waals surface area contributed by atoms with E-state index in [-0.39, 0.29) is 17.5 Å². The molecule has 0 saturated heterocycles. The van der Waals surface area contributed by atoms with Gasteiger partial charge >= 0.3 is 0 Å². The second-order valence-corrected chi connectivity index (χ2v) is 5.29. The van der Waals surface area contributed by atoms with Crippen LogP contribution in [-0.4, -0.2) is 22.6 Å². The van der Waals surface area contributed by atoms with Gasteiger partial charge in [-0.05, 0) is 5.92 Å². The van der Waals surface area contributed by atoms with Crippen LogP contribution >= 0.6 is 0 Å². The molecule has 0 amide bonds. The quantitative estimate of drug-likeness (QED) is 0.705. The van der Waals surface area contributed by atoms with Crippen molar-refractivity contribution < 1.29 is 0 Å². The first-order valence-electron chi connectivity index (χ1n) is 7.08. The van der Waals surface area contributed by atoms with E-state index in [1.807, 2.05) is 13.8 Å². The zero-order valence-corrected chi connectivity index (χ0v) is 12.4. The molecule has 1 heterocycles. The molecule has 19 heavy (non-hydrogen) atoms. The summed E-state index contributed by atoms with van der Waals surface area (Å²) in [4.78, 5) is 18.7. The summed E-state index contributed by atoms with van der Waals surface area (Å²) < 4.78 is 0. The van der Waals surface area contributed by atoms with Gasteiger partial charge in [0.05, 0.1) is 0 Å². The maximum Gasteiger partial charge on any atom is 0.252 e. The minimum Gasteiger partial charge on any atom is -0.368 e. The van der Waals surface area contributed by atoms with Crippen LogP contribution in [0.15, 0.2) is 10.9 Å². The van der Waals surface area contributed by atoms with Crippen molar-refractivity contribution in [2.75, 3.05) is 11.9 Å². The number of hydrogen-bond donors (Lipinski definition) is 3. The highest BCUT2D eigenvalue weighted by molar-refractivity contribution is 5.33. The zero-order chi connectivity index (χ0) is 14.4. The lowest BCUT2D eigenvalue weighted by atomic mass is 9.95. The number of anilines is 1. The van der Waals surface area contributed by atoms with Crippen LogP contribution < -0.4 is 16.6 Å². The fourth-order valence-electron chi connectivity index (χ4n) is 2.12. The van der Waals surface area contributed by atoms with Crippen molar-refractivity contribution in [3.8, 4) is 0 Å². The van der Waals surface area contributed by atoms with Gasteiger partial charge in [-0.15, -0.1) is 0 Å². The third kappa shape index (κ3) is 4.67. The highest BCUT2D eigenvalue weighted by atomic mass is 16.1. The Morgan fingerprint density at radius 2 is 2.00 bits per heavy atom. The lowest BCUT2D eigenvalue weighted by Crippen LogP contribution is -2.36. The number of nitrogens with zero attached hydrogens (tertiary/aromatic N) is 1.